The molecule has 0 aromatic heterocycles. The molecule has 1 aliphatic rings. The van der Waals surface area contributed by atoms with E-state index in [4.69, 9.17) is 4.74 Å². The molecule has 150 valence electrons. The third-order valence-electron chi connectivity index (χ3n) is 5.37. The topological polar surface area (TPSA) is 58.6 Å². The Morgan fingerprint density at radius 1 is 1.22 bits per heavy atom. The maximum atomic E-state index is 12.6. The van der Waals surface area contributed by atoms with Crippen molar-refractivity contribution in [1.82, 2.24) is 5.32 Å². The van der Waals surface area contributed by atoms with Gasteiger partial charge >= 0.3 is 5.97 Å². The third kappa shape index (κ3) is 7.86. The predicted octanol–water partition coefficient (Wildman–Crippen LogP) is 4.23. The van der Waals surface area contributed by atoms with Crippen LogP contribution in [0.15, 0.2) is 42.0 Å². The van der Waals surface area contributed by atoms with Gasteiger partial charge in [0.1, 0.15) is 0 Å². The van der Waals surface area contributed by atoms with Gasteiger partial charge in [-0.1, -0.05) is 49.8 Å². The Morgan fingerprint density at radius 2 is 1.96 bits per heavy atom. The van der Waals surface area contributed by atoms with E-state index in [0.29, 0.717) is 12.5 Å². The number of benzene rings is 1. The number of aliphatic hydroxyl groups is 1. The Bertz CT molecular complexity index is 562. The van der Waals surface area contributed by atoms with E-state index in [1.165, 1.54) is 5.56 Å². The summed E-state index contributed by atoms with van der Waals surface area (Å²) in [4.78, 5) is 12.6. The second-order valence-corrected chi connectivity index (χ2v) is 7.50. The van der Waals surface area contributed by atoms with Gasteiger partial charge in [0.05, 0.1) is 6.61 Å². The summed E-state index contributed by atoms with van der Waals surface area (Å²) < 4.78 is 5.50. The van der Waals surface area contributed by atoms with Gasteiger partial charge < -0.3 is 15.2 Å². The number of hydrogen-bond donors (Lipinski definition) is 2. The predicted molar refractivity (Wildman–Crippen MR) is 109 cm³/mol. The molecule has 1 aromatic carbocycles. The highest BCUT2D eigenvalue weighted by molar-refractivity contribution is 5.89. The molecule has 0 aliphatic heterocycles. The van der Waals surface area contributed by atoms with Crippen molar-refractivity contribution in [1.29, 1.82) is 0 Å². The molecule has 0 unspecified atom stereocenters. The lowest BCUT2D eigenvalue weighted by atomic mass is 9.78. The number of unbranched alkanes of at least 4 members (excludes halogenated alkanes) is 1. The zero-order chi connectivity index (χ0) is 19.3. The summed E-state index contributed by atoms with van der Waals surface area (Å²) >= 11 is 0. The fourth-order valence-corrected chi connectivity index (χ4v) is 3.62. The molecule has 0 atom stereocenters. The lowest BCUT2D eigenvalue weighted by molar-refractivity contribution is -0.140. The minimum absolute atomic E-state index is 0.140. The zero-order valence-corrected chi connectivity index (χ0v) is 16.7. The van der Waals surface area contributed by atoms with Gasteiger partial charge in [0.2, 0.25) is 0 Å². The van der Waals surface area contributed by atoms with Crippen LogP contribution in [0.1, 0.15) is 57.4 Å². The summed E-state index contributed by atoms with van der Waals surface area (Å²) in [6.07, 6.45) is 8.77. The first-order chi connectivity index (χ1) is 13.2. The third-order valence-corrected chi connectivity index (χ3v) is 5.37. The van der Waals surface area contributed by atoms with Gasteiger partial charge in [0.15, 0.2) is 0 Å². The second-order valence-electron chi connectivity index (χ2n) is 7.50. The fourth-order valence-electron chi connectivity index (χ4n) is 3.62. The Hall–Kier alpha value is -1.65. The van der Waals surface area contributed by atoms with Gasteiger partial charge in [-0.15, -0.1) is 0 Å². The van der Waals surface area contributed by atoms with Crippen LogP contribution in [-0.2, 0) is 16.1 Å². The van der Waals surface area contributed by atoms with Crippen molar-refractivity contribution in [2.75, 3.05) is 19.8 Å². The second kappa shape index (κ2) is 12.7. The number of carbonyl (C=O) groups is 1. The van der Waals surface area contributed by atoms with Crippen molar-refractivity contribution in [3.63, 3.8) is 0 Å². The lowest BCUT2D eigenvalue weighted by Crippen LogP contribution is -2.23. The summed E-state index contributed by atoms with van der Waals surface area (Å²) in [5.41, 5.74) is 2.12. The van der Waals surface area contributed by atoms with E-state index in [0.717, 1.165) is 63.6 Å². The van der Waals surface area contributed by atoms with Crippen molar-refractivity contribution < 1.29 is 14.6 Å². The Morgan fingerprint density at radius 3 is 2.63 bits per heavy atom. The van der Waals surface area contributed by atoms with E-state index in [9.17, 15) is 9.90 Å². The first-order valence-electron chi connectivity index (χ1n) is 10.5. The van der Waals surface area contributed by atoms with Crippen LogP contribution in [0.3, 0.4) is 0 Å². The molecule has 0 saturated heterocycles. The lowest BCUT2D eigenvalue weighted by Gasteiger charge is -2.28. The Balaban J connectivity index is 1.86. The van der Waals surface area contributed by atoms with E-state index in [1.54, 1.807) is 0 Å². The van der Waals surface area contributed by atoms with E-state index in [1.807, 2.05) is 18.2 Å². The minimum Gasteiger partial charge on any atom is -0.462 e. The van der Waals surface area contributed by atoms with Crippen LogP contribution in [0, 0.1) is 11.8 Å². The highest BCUT2D eigenvalue weighted by Crippen LogP contribution is 2.33. The molecule has 4 heteroatoms. The van der Waals surface area contributed by atoms with Crippen LogP contribution < -0.4 is 5.32 Å². The van der Waals surface area contributed by atoms with Crippen molar-refractivity contribution >= 4 is 5.97 Å². The number of esters is 1. The van der Waals surface area contributed by atoms with Gasteiger partial charge in [-0.2, -0.15) is 0 Å². The molecule has 27 heavy (non-hydrogen) atoms. The largest absolute Gasteiger partial charge is 0.462 e. The summed E-state index contributed by atoms with van der Waals surface area (Å²) in [6.45, 7) is 4.54. The molecule has 0 amide bonds. The van der Waals surface area contributed by atoms with Crippen molar-refractivity contribution in [2.24, 2.45) is 11.8 Å². The van der Waals surface area contributed by atoms with Gasteiger partial charge in [0, 0.05) is 18.7 Å². The highest BCUT2D eigenvalue weighted by atomic mass is 16.5. The summed E-state index contributed by atoms with van der Waals surface area (Å²) in [5.74, 6) is 0.529. The minimum atomic E-state index is -0.140. The summed E-state index contributed by atoms with van der Waals surface area (Å²) in [7, 11) is 0. The van der Waals surface area contributed by atoms with Crippen LogP contribution in [-0.4, -0.2) is 30.8 Å². The molecule has 1 fully saturated rings. The number of carbonyl (C=O) groups excluding carboxylic acids is 1. The number of hydrogen-bond acceptors (Lipinski definition) is 4. The molecule has 2 rings (SSSR count). The Labute approximate surface area is 164 Å². The standard InChI is InChI=1S/C23H35NO3/c1-2-3-16-27-23(26)22(21-13-11-20(18-25)12-14-21)10-7-15-24-17-19-8-5-4-6-9-19/h4-6,8-10,20-21,24-25H,2-3,7,11-18H2,1H3. The average molecular weight is 374 g/mol. The molecule has 0 radical (unpaired) electrons. The Kier molecular flexibility index (Phi) is 10.2. The molecule has 1 aliphatic carbocycles. The van der Waals surface area contributed by atoms with Crippen LogP contribution >= 0.6 is 0 Å². The van der Waals surface area contributed by atoms with E-state index < -0.39 is 0 Å². The normalized spacial score (nSPS) is 20.4. The average Bonchev–Trinajstić information content (AvgIpc) is 2.71. The number of aliphatic hydroxyl groups excluding tert-OH is 1. The van der Waals surface area contributed by atoms with Crippen molar-refractivity contribution in [3.05, 3.63) is 47.5 Å². The molecule has 1 aromatic rings. The quantitative estimate of drug-likeness (QED) is 0.346. The smallest absolute Gasteiger partial charge is 0.333 e. The van der Waals surface area contributed by atoms with E-state index in [2.05, 4.69) is 30.4 Å². The molecule has 1 saturated carbocycles. The first kappa shape index (κ1) is 21.6. The first-order valence-corrected chi connectivity index (χ1v) is 10.5. The zero-order valence-electron chi connectivity index (χ0n) is 16.7. The number of rotatable bonds is 11. The van der Waals surface area contributed by atoms with E-state index in [-0.39, 0.29) is 18.5 Å². The van der Waals surface area contributed by atoms with Crippen molar-refractivity contribution in [3.8, 4) is 0 Å². The fraction of sp³-hybridized carbons (Fsp3) is 0.609. The highest BCUT2D eigenvalue weighted by Gasteiger charge is 2.27. The molecular formula is C23H35NO3. The number of nitrogens with one attached hydrogen (secondary N) is 1. The maximum absolute atomic E-state index is 12.6. The summed E-state index contributed by atoms with van der Waals surface area (Å²) in [5, 5.41) is 12.8. The van der Waals surface area contributed by atoms with Gasteiger partial charge in [-0.25, -0.2) is 4.79 Å². The van der Waals surface area contributed by atoms with Gasteiger partial charge in [-0.05, 0) is 62.5 Å². The van der Waals surface area contributed by atoms with Crippen LogP contribution in [0.4, 0.5) is 0 Å². The molecule has 0 bridgehead atoms. The molecule has 0 spiro atoms. The monoisotopic (exact) mass is 373 g/mol. The maximum Gasteiger partial charge on any atom is 0.333 e. The number of ether oxygens (including phenoxy) is 1. The molecular weight excluding hydrogens is 338 g/mol. The summed E-state index contributed by atoms with van der Waals surface area (Å²) in [6, 6.07) is 10.3. The SMILES string of the molecule is CCCCOC(=O)C(=CCCNCc1ccccc1)C1CCC(CO)CC1. The molecule has 2 N–H and O–H groups in total. The molecule has 0 heterocycles. The van der Waals surface area contributed by atoms with Gasteiger partial charge in [-0.3, -0.25) is 0 Å². The van der Waals surface area contributed by atoms with Crippen LogP contribution in [0.5, 0.6) is 0 Å². The van der Waals surface area contributed by atoms with Crippen molar-refractivity contribution in [2.45, 2.75) is 58.4 Å². The molecule has 4 nitrogen and oxygen atoms in total. The van der Waals surface area contributed by atoms with E-state index >= 15 is 0 Å². The van der Waals surface area contributed by atoms with Gasteiger partial charge in [0.25, 0.3) is 0 Å². The van der Waals surface area contributed by atoms with Crippen LogP contribution in [0.2, 0.25) is 0 Å². The van der Waals surface area contributed by atoms with Crippen LogP contribution in [0.25, 0.3) is 0 Å².